The van der Waals surface area contributed by atoms with E-state index in [1.165, 1.54) is 12.1 Å². The smallest absolute Gasteiger partial charge is 0.255 e. The van der Waals surface area contributed by atoms with Gasteiger partial charge >= 0.3 is 0 Å². The van der Waals surface area contributed by atoms with Crippen LogP contribution in [0.25, 0.3) is 0 Å². The van der Waals surface area contributed by atoms with Crippen molar-refractivity contribution in [2.24, 2.45) is 5.92 Å². The Hall–Kier alpha value is -1.13. The number of hydrogen-bond donors (Lipinski definition) is 1. The van der Waals surface area contributed by atoms with E-state index in [0.29, 0.717) is 31.0 Å². The van der Waals surface area contributed by atoms with Gasteiger partial charge in [-0.05, 0) is 43.4 Å². The summed E-state index contributed by atoms with van der Waals surface area (Å²) >= 11 is 5.91. The fraction of sp³-hybridized carbons (Fsp3) is 0.500. The SMILES string of the molecule is O=C(c1ccc(F)cc1Cl)N1CCCC(CCO)C1. The molecule has 104 valence electrons. The Morgan fingerprint density at radius 3 is 3.00 bits per heavy atom. The number of carbonyl (C=O) groups is 1. The van der Waals surface area contributed by atoms with E-state index in [4.69, 9.17) is 16.7 Å². The molecule has 1 saturated heterocycles. The second-order valence-electron chi connectivity index (χ2n) is 4.90. The summed E-state index contributed by atoms with van der Waals surface area (Å²) in [5.41, 5.74) is 0.340. The number of likely N-dealkylation sites (tertiary alicyclic amines) is 1. The van der Waals surface area contributed by atoms with E-state index in [2.05, 4.69) is 0 Å². The zero-order chi connectivity index (χ0) is 13.8. The van der Waals surface area contributed by atoms with Crippen LogP contribution in [0.3, 0.4) is 0 Å². The van der Waals surface area contributed by atoms with Crippen LogP contribution in [0, 0.1) is 11.7 Å². The Bertz CT molecular complexity index is 465. The van der Waals surface area contributed by atoms with Crippen molar-refractivity contribution in [3.05, 3.63) is 34.6 Å². The van der Waals surface area contributed by atoms with Gasteiger partial charge in [0, 0.05) is 19.7 Å². The summed E-state index contributed by atoms with van der Waals surface area (Å²) in [5, 5.41) is 9.12. The van der Waals surface area contributed by atoms with Crippen molar-refractivity contribution < 1.29 is 14.3 Å². The number of nitrogens with zero attached hydrogens (tertiary/aromatic N) is 1. The molecule has 1 fully saturated rings. The molecule has 1 aliphatic rings. The molecule has 1 aromatic carbocycles. The predicted molar refractivity (Wildman–Crippen MR) is 71.7 cm³/mol. The lowest BCUT2D eigenvalue weighted by atomic mass is 9.94. The average Bonchev–Trinajstić information content (AvgIpc) is 2.39. The number of aliphatic hydroxyl groups excluding tert-OH is 1. The third-order valence-corrected chi connectivity index (χ3v) is 3.82. The number of carbonyl (C=O) groups excluding carboxylic acids is 1. The topological polar surface area (TPSA) is 40.5 Å². The van der Waals surface area contributed by atoms with Crippen LogP contribution in [0.4, 0.5) is 4.39 Å². The highest BCUT2D eigenvalue weighted by Crippen LogP contribution is 2.24. The molecule has 1 aliphatic heterocycles. The van der Waals surface area contributed by atoms with Gasteiger partial charge in [0.1, 0.15) is 5.82 Å². The molecule has 19 heavy (non-hydrogen) atoms. The van der Waals surface area contributed by atoms with E-state index in [1.54, 1.807) is 4.90 Å². The molecule has 3 nitrogen and oxygen atoms in total. The molecule has 1 aromatic rings. The monoisotopic (exact) mass is 285 g/mol. The van der Waals surface area contributed by atoms with Crippen LogP contribution in [0.15, 0.2) is 18.2 Å². The zero-order valence-electron chi connectivity index (χ0n) is 10.6. The van der Waals surface area contributed by atoms with Gasteiger partial charge in [-0.25, -0.2) is 4.39 Å². The van der Waals surface area contributed by atoms with Crippen LogP contribution in [0.5, 0.6) is 0 Å². The van der Waals surface area contributed by atoms with E-state index in [1.807, 2.05) is 0 Å². The molecule has 2 rings (SSSR count). The molecule has 1 N–H and O–H groups in total. The molecule has 0 spiro atoms. The van der Waals surface area contributed by atoms with E-state index >= 15 is 0 Å². The summed E-state index contributed by atoms with van der Waals surface area (Å²) in [6, 6.07) is 3.83. The fourth-order valence-corrected chi connectivity index (χ4v) is 2.75. The number of rotatable bonds is 3. The summed E-state index contributed by atoms with van der Waals surface area (Å²) < 4.78 is 13.0. The minimum absolute atomic E-state index is 0.143. The molecule has 1 unspecified atom stereocenters. The van der Waals surface area contributed by atoms with Gasteiger partial charge in [0.25, 0.3) is 5.91 Å². The summed E-state index contributed by atoms with van der Waals surface area (Å²) in [6.45, 7) is 1.46. The Labute approximate surface area is 117 Å². The molecule has 0 bridgehead atoms. The van der Waals surface area contributed by atoms with Crippen LogP contribution >= 0.6 is 11.6 Å². The summed E-state index contributed by atoms with van der Waals surface area (Å²) in [4.78, 5) is 14.1. The Kier molecular flexibility index (Phi) is 4.77. The first-order valence-corrected chi connectivity index (χ1v) is 6.85. The van der Waals surface area contributed by atoms with Crippen molar-refractivity contribution in [3.8, 4) is 0 Å². The first-order valence-electron chi connectivity index (χ1n) is 6.47. The van der Waals surface area contributed by atoms with E-state index in [9.17, 15) is 9.18 Å². The van der Waals surface area contributed by atoms with Gasteiger partial charge in [0.15, 0.2) is 0 Å². The largest absolute Gasteiger partial charge is 0.396 e. The maximum atomic E-state index is 13.0. The molecule has 1 heterocycles. The van der Waals surface area contributed by atoms with E-state index < -0.39 is 5.82 Å². The first kappa shape index (κ1) is 14.3. The number of benzene rings is 1. The summed E-state index contributed by atoms with van der Waals surface area (Å²) in [7, 11) is 0. The zero-order valence-corrected chi connectivity index (χ0v) is 11.4. The molecular formula is C14H17ClFNO2. The highest BCUT2D eigenvalue weighted by atomic mass is 35.5. The molecule has 0 saturated carbocycles. The predicted octanol–water partition coefficient (Wildman–Crippen LogP) is 2.71. The lowest BCUT2D eigenvalue weighted by molar-refractivity contribution is 0.0654. The highest BCUT2D eigenvalue weighted by Gasteiger charge is 2.25. The Morgan fingerprint density at radius 2 is 2.32 bits per heavy atom. The summed E-state index contributed by atoms with van der Waals surface area (Å²) in [6.07, 6.45) is 2.66. The Morgan fingerprint density at radius 1 is 1.53 bits per heavy atom. The van der Waals surface area contributed by atoms with Crippen LogP contribution in [0.1, 0.15) is 29.6 Å². The maximum absolute atomic E-state index is 13.0. The molecule has 0 radical (unpaired) electrons. The van der Waals surface area contributed by atoms with Crippen LogP contribution in [0.2, 0.25) is 5.02 Å². The number of aliphatic hydroxyl groups is 1. The van der Waals surface area contributed by atoms with Gasteiger partial charge in [0.2, 0.25) is 0 Å². The standard InChI is InChI=1S/C14H17ClFNO2/c15-13-8-11(16)3-4-12(13)14(19)17-6-1-2-10(9-17)5-7-18/h3-4,8,10,18H,1-2,5-7,9H2. The minimum atomic E-state index is -0.446. The minimum Gasteiger partial charge on any atom is -0.396 e. The number of hydrogen-bond acceptors (Lipinski definition) is 2. The van der Waals surface area contributed by atoms with Crippen molar-refractivity contribution >= 4 is 17.5 Å². The lowest BCUT2D eigenvalue weighted by Crippen LogP contribution is -2.40. The van der Waals surface area contributed by atoms with E-state index in [0.717, 1.165) is 18.9 Å². The van der Waals surface area contributed by atoms with Gasteiger partial charge in [-0.2, -0.15) is 0 Å². The number of amides is 1. The highest BCUT2D eigenvalue weighted by molar-refractivity contribution is 6.33. The number of halogens is 2. The van der Waals surface area contributed by atoms with Gasteiger partial charge < -0.3 is 10.0 Å². The molecule has 1 amide bonds. The van der Waals surface area contributed by atoms with Crippen molar-refractivity contribution in [1.82, 2.24) is 4.90 Å². The van der Waals surface area contributed by atoms with Gasteiger partial charge in [0.05, 0.1) is 10.6 Å². The number of piperidine rings is 1. The second kappa shape index (κ2) is 6.35. The normalized spacial score (nSPS) is 19.5. The van der Waals surface area contributed by atoms with Crippen molar-refractivity contribution in [1.29, 1.82) is 0 Å². The maximum Gasteiger partial charge on any atom is 0.255 e. The van der Waals surface area contributed by atoms with Gasteiger partial charge in [-0.3, -0.25) is 4.79 Å². The lowest BCUT2D eigenvalue weighted by Gasteiger charge is -2.32. The first-order chi connectivity index (χ1) is 9.11. The third kappa shape index (κ3) is 3.45. The molecule has 0 aliphatic carbocycles. The van der Waals surface area contributed by atoms with Crippen LogP contribution < -0.4 is 0 Å². The second-order valence-corrected chi connectivity index (χ2v) is 5.30. The molecule has 1 atom stereocenters. The Balaban J connectivity index is 2.10. The molecule has 0 aromatic heterocycles. The fourth-order valence-electron chi connectivity index (χ4n) is 2.50. The quantitative estimate of drug-likeness (QED) is 0.928. The van der Waals surface area contributed by atoms with Crippen LogP contribution in [-0.4, -0.2) is 35.6 Å². The van der Waals surface area contributed by atoms with Crippen LogP contribution in [-0.2, 0) is 0 Å². The van der Waals surface area contributed by atoms with Gasteiger partial charge in [-0.15, -0.1) is 0 Å². The van der Waals surface area contributed by atoms with Gasteiger partial charge in [-0.1, -0.05) is 11.6 Å². The third-order valence-electron chi connectivity index (χ3n) is 3.51. The van der Waals surface area contributed by atoms with Crippen molar-refractivity contribution in [2.45, 2.75) is 19.3 Å². The van der Waals surface area contributed by atoms with Crippen molar-refractivity contribution in [2.75, 3.05) is 19.7 Å². The van der Waals surface area contributed by atoms with E-state index in [-0.39, 0.29) is 17.5 Å². The van der Waals surface area contributed by atoms with Crippen molar-refractivity contribution in [3.63, 3.8) is 0 Å². The summed E-state index contributed by atoms with van der Waals surface area (Å²) in [5.74, 6) is -0.270. The molecular weight excluding hydrogens is 269 g/mol. The molecule has 5 heteroatoms. The average molecular weight is 286 g/mol.